The molecule has 1 aliphatic carbocycles. The molecule has 4 aliphatic rings. The number of carbonyl (C=O) groups is 3. The molecular weight excluding hydrogens is 474 g/mol. The van der Waals surface area contributed by atoms with Crippen molar-refractivity contribution in [1.82, 2.24) is 4.90 Å². The Balaban J connectivity index is 1.54. The van der Waals surface area contributed by atoms with Gasteiger partial charge in [0.05, 0.1) is 12.7 Å². The van der Waals surface area contributed by atoms with Gasteiger partial charge in [0, 0.05) is 34.7 Å². The van der Waals surface area contributed by atoms with Crippen molar-refractivity contribution in [3.05, 3.63) is 95.1 Å². The maximum Gasteiger partial charge on any atom is 0.193 e. The van der Waals surface area contributed by atoms with E-state index in [1.807, 2.05) is 35.2 Å². The zero-order chi connectivity index (χ0) is 24.7. The third-order valence-electron chi connectivity index (χ3n) is 8.45. The van der Waals surface area contributed by atoms with Crippen molar-refractivity contribution < 1.29 is 23.9 Å². The van der Waals surface area contributed by atoms with E-state index < -0.39 is 16.9 Å². The van der Waals surface area contributed by atoms with Gasteiger partial charge in [-0.25, -0.2) is 0 Å². The number of nitrogens with zero attached hydrogens (tertiary/aromatic N) is 1. The number of hydrogen-bond donors (Lipinski definition) is 0. The molecule has 3 aromatic rings. The number of ketones is 3. The lowest BCUT2D eigenvalue weighted by atomic mass is 9.57. The smallest absolute Gasteiger partial charge is 0.193 e. The van der Waals surface area contributed by atoms with Crippen molar-refractivity contribution in [1.29, 1.82) is 0 Å². The number of benzene rings is 3. The molecule has 7 heteroatoms. The Morgan fingerprint density at radius 1 is 0.861 bits per heavy atom. The minimum absolute atomic E-state index is 0.0390. The topological polar surface area (TPSA) is 72.9 Å². The van der Waals surface area contributed by atoms with Crippen molar-refractivity contribution in [2.24, 2.45) is 5.41 Å². The Morgan fingerprint density at radius 3 is 2.17 bits per heavy atom. The van der Waals surface area contributed by atoms with Gasteiger partial charge in [-0.2, -0.15) is 0 Å². The number of para-hydroxylation sites is 1. The highest BCUT2D eigenvalue weighted by Crippen LogP contribution is 2.66. The molecule has 3 aromatic carbocycles. The van der Waals surface area contributed by atoms with E-state index in [1.54, 1.807) is 61.3 Å². The number of carbonyl (C=O) groups excluding carboxylic acids is 3. The SMILES string of the molecule is COc1ccc([C@@H]2[C@H]3CSCN3C3(C(=O)c4ccccc4C3=O)[C@]23COc2ccccc2C3=O)cc1. The van der Waals surface area contributed by atoms with Gasteiger partial charge in [0.25, 0.3) is 0 Å². The second kappa shape index (κ2) is 7.54. The second-order valence-corrected chi connectivity index (χ2v) is 10.8. The molecular formula is C29H23NO5S. The number of methoxy groups -OCH3 is 1. The molecule has 0 amide bonds. The predicted molar refractivity (Wildman–Crippen MR) is 135 cm³/mol. The van der Waals surface area contributed by atoms with E-state index >= 15 is 0 Å². The highest BCUT2D eigenvalue weighted by atomic mass is 32.2. The summed E-state index contributed by atoms with van der Waals surface area (Å²) in [6.07, 6.45) is 0. The molecule has 2 fully saturated rings. The van der Waals surface area contributed by atoms with Gasteiger partial charge in [-0.05, 0) is 29.8 Å². The van der Waals surface area contributed by atoms with E-state index in [0.29, 0.717) is 39.8 Å². The Hall–Kier alpha value is -3.42. The minimum Gasteiger partial charge on any atom is -0.497 e. The summed E-state index contributed by atoms with van der Waals surface area (Å²) in [5.41, 5.74) is -0.960. The lowest BCUT2D eigenvalue weighted by Gasteiger charge is -2.47. The fourth-order valence-electron chi connectivity index (χ4n) is 7.02. The van der Waals surface area contributed by atoms with Crippen LogP contribution in [0.2, 0.25) is 0 Å². The van der Waals surface area contributed by atoms with E-state index in [1.165, 1.54) is 0 Å². The third-order valence-corrected chi connectivity index (χ3v) is 9.49. The maximum atomic E-state index is 14.7. The molecule has 3 atom stereocenters. The molecule has 0 aromatic heterocycles. The summed E-state index contributed by atoms with van der Waals surface area (Å²) >= 11 is 1.69. The first-order valence-electron chi connectivity index (χ1n) is 12.0. The molecule has 6 nitrogen and oxygen atoms in total. The highest BCUT2D eigenvalue weighted by molar-refractivity contribution is 7.99. The quantitative estimate of drug-likeness (QED) is 0.490. The van der Waals surface area contributed by atoms with Gasteiger partial charge >= 0.3 is 0 Å². The fourth-order valence-corrected chi connectivity index (χ4v) is 8.32. The number of ether oxygens (including phenoxy) is 2. The Morgan fingerprint density at radius 2 is 1.50 bits per heavy atom. The molecule has 7 rings (SSSR count). The van der Waals surface area contributed by atoms with Gasteiger partial charge in [0.2, 0.25) is 0 Å². The molecule has 180 valence electrons. The summed E-state index contributed by atoms with van der Waals surface area (Å²) in [4.78, 5) is 45.7. The standard InChI is InChI=1S/C29H23NO5S/c1-34-18-12-10-17(11-13-18)24-22-14-36-16-30(22)29(26(32)19-6-2-3-7-20(19)27(29)33)28(24)15-35-23-9-5-4-8-21(23)25(28)31/h2-13,22,24H,14-16H2,1H3/t22-,24-,28-/m1/s1. The first kappa shape index (κ1) is 21.8. The highest BCUT2D eigenvalue weighted by Gasteiger charge is 2.81. The molecule has 0 saturated carbocycles. The number of hydrogen-bond acceptors (Lipinski definition) is 7. The lowest BCUT2D eigenvalue weighted by molar-refractivity contribution is 0.0121. The summed E-state index contributed by atoms with van der Waals surface area (Å²) in [6.45, 7) is -0.0390. The van der Waals surface area contributed by atoms with Crippen LogP contribution in [0.4, 0.5) is 0 Å². The van der Waals surface area contributed by atoms with Crippen LogP contribution in [0.25, 0.3) is 0 Å². The van der Waals surface area contributed by atoms with Crippen LogP contribution in [0.5, 0.6) is 11.5 Å². The first-order valence-corrected chi connectivity index (χ1v) is 13.1. The number of Topliss-reactive ketones (excluding diaryl/α,β-unsaturated/α-hetero) is 3. The van der Waals surface area contributed by atoms with Crippen molar-refractivity contribution >= 4 is 29.1 Å². The van der Waals surface area contributed by atoms with Gasteiger partial charge < -0.3 is 9.47 Å². The minimum atomic E-state index is -1.65. The van der Waals surface area contributed by atoms with Crippen molar-refractivity contribution in [2.45, 2.75) is 17.5 Å². The van der Waals surface area contributed by atoms with E-state index in [-0.39, 0.29) is 30.0 Å². The Kier molecular flexibility index (Phi) is 4.57. The lowest BCUT2D eigenvalue weighted by Crippen LogP contribution is -2.67. The van der Waals surface area contributed by atoms with Crippen LogP contribution in [-0.2, 0) is 0 Å². The molecule has 0 radical (unpaired) electrons. The Labute approximate surface area is 212 Å². The Bertz CT molecular complexity index is 1420. The maximum absolute atomic E-state index is 14.7. The van der Waals surface area contributed by atoms with Gasteiger partial charge in [0.15, 0.2) is 22.9 Å². The van der Waals surface area contributed by atoms with Crippen molar-refractivity contribution in [3.8, 4) is 11.5 Å². The van der Waals surface area contributed by atoms with E-state index in [9.17, 15) is 14.4 Å². The summed E-state index contributed by atoms with van der Waals surface area (Å²) in [6, 6.07) is 21.6. The van der Waals surface area contributed by atoms with Crippen LogP contribution in [0.3, 0.4) is 0 Å². The van der Waals surface area contributed by atoms with Gasteiger partial charge in [-0.1, -0.05) is 48.5 Å². The van der Waals surface area contributed by atoms with Gasteiger partial charge in [-0.3, -0.25) is 19.3 Å². The molecule has 3 heterocycles. The summed E-state index contributed by atoms with van der Waals surface area (Å²) < 4.78 is 11.7. The van der Waals surface area contributed by atoms with Crippen molar-refractivity contribution in [3.63, 3.8) is 0 Å². The molecule has 36 heavy (non-hydrogen) atoms. The average Bonchev–Trinajstić information content (AvgIpc) is 3.55. The summed E-state index contributed by atoms with van der Waals surface area (Å²) in [7, 11) is 1.61. The zero-order valence-corrected chi connectivity index (χ0v) is 20.4. The van der Waals surface area contributed by atoms with Gasteiger partial charge in [-0.15, -0.1) is 11.8 Å². The molecule has 2 saturated heterocycles. The van der Waals surface area contributed by atoms with Crippen LogP contribution in [0.1, 0.15) is 42.6 Å². The van der Waals surface area contributed by atoms with E-state index in [0.717, 1.165) is 5.56 Å². The first-order chi connectivity index (χ1) is 17.6. The summed E-state index contributed by atoms with van der Waals surface area (Å²) in [5.74, 6) is 1.22. The van der Waals surface area contributed by atoms with Crippen LogP contribution >= 0.6 is 11.8 Å². The number of rotatable bonds is 2. The normalized spacial score (nSPS) is 27.8. The number of thioether (sulfide) groups is 1. The zero-order valence-electron chi connectivity index (χ0n) is 19.6. The van der Waals surface area contributed by atoms with Crippen LogP contribution in [0.15, 0.2) is 72.8 Å². The molecule has 0 unspecified atom stereocenters. The summed E-state index contributed by atoms with van der Waals surface area (Å²) in [5, 5.41) is 0. The monoisotopic (exact) mass is 497 g/mol. The average molecular weight is 498 g/mol. The molecule has 2 spiro atoms. The van der Waals surface area contributed by atoms with E-state index in [2.05, 4.69) is 0 Å². The molecule has 3 aliphatic heterocycles. The third kappa shape index (κ3) is 2.40. The molecule has 0 bridgehead atoms. The second-order valence-electron chi connectivity index (χ2n) is 9.79. The van der Waals surface area contributed by atoms with Crippen LogP contribution in [0, 0.1) is 5.41 Å². The van der Waals surface area contributed by atoms with Crippen LogP contribution in [-0.4, -0.2) is 59.2 Å². The number of fused-ring (bicyclic) bond motifs is 5. The molecule has 0 N–H and O–H groups in total. The fraction of sp³-hybridized carbons (Fsp3) is 0.276. The van der Waals surface area contributed by atoms with Gasteiger partial charge in [0.1, 0.15) is 23.5 Å². The van der Waals surface area contributed by atoms with Crippen molar-refractivity contribution in [2.75, 3.05) is 25.3 Å². The van der Waals surface area contributed by atoms with Crippen LogP contribution < -0.4 is 9.47 Å². The largest absolute Gasteiger partial charge is 0.497 e. The van der Waals surface area contributed by atoms with E-state index in [4.69, 9.17) is 9.47 Å². The predicted octanol–water partition coefficient (Wildman–Crippen LogP) is 4.25.